The predicted octanol–water partition coefficient (Wildman–Crippen LogP) is 3.13. The van der Waals surface area contributed by atoms with Crippen LogP contribution >= 0.6 is 11.8 Å². The minimum atomic E-state index is -0.146. The second kappa shape index (κ2) is 7.22. The van der Waals surface area contributed by atoms with E-state index < -0.39 is 0 Å². The maximum absolute atomic E-state index is 12.1. The van der Waals surface area contributed by atoms with Gasteiger partial charge in [0.05, 0.1) is 5.75 Å². The number of hydrogen-bond donors (Lipinski definition) is 1. The van der Waals surface area contributed by atoms with E-state index in [1.807, 2.05) is 13.8 Å². The van der Waals surface area contributed by atoms with Crippen molar-refractivity contribution in [3.63, 3.8) is 0 Å². The Labute approximate surface area is 132 Å². The number of amides is 1. The normalized spacial score (nSPS) is 10.7. The van der Waals surface area contributed by atoms with E-state index in [9.17, 15) is 9.59 Å². The molecule has 6 nitrogen and oxygen atoms in total. The zero-order valence-corrected chi connectivity index (χ0v) is 13.4. The van der Waals surface area contributed by atoms with Crippen molar-refractivity contribution < 1.29 is 14.0 Å². The summed E-state index contributed by atoms with van der Waals surface area (Å²) in [6.45, 7) is 5.36. The fourth-order valence-corrected chi connectivity index (χ4v) is 2.33. The van der Waals surface area contributed by atoms with Gasteiger partial charge in [0.15, 0.2) is 5.78 Å². The third kappa shape index (κ3) is 4.42. The summed E-state index contributed by atoms with van der Waals surface area (Å²) in [4.78, 5) is 23.0. The largest absolute Gasteiger partial charge is 0.416 e. The molecule has 0 aliphatic heterocycles. The van der Waals surface area contributed by atoms with E-state index in [0.717, 1.165) is 0 Å². The highest BCUT2D eigenvalue weighted by molar-refractivity contribution is 7.99. The minimum Gasteiger partial charge on any atom is -0.416 e. The van der Waals surface area contributed by atoms with E-state index in [2.05, 4.69) is 15.5 Å². The summed E-state index contributed by atoms with van der Waals surface area (Å²) in [5.41, 5.74) is 1.24. The fraction of sp³-hybridized carbons (Fsp3) is 0.333. The SMILES string of the molecule is CC(=O)Nc1ccc(C(=O)CSc2nnc(C(C)C)o2)cc1. The summed E-state index contributed by atoms with van der Waals surface area (Å²) in [6, 6.07) is 6.76. The lowest BCUT2D eigenvalue weighted by atomic mass is 10.1. The van der Waals surface area contributed by atoms with E-state index >= 15 is 0 Å². The number of hydrogen-bond acceptors (Lipinski definition) is 6. The monoisotopic (exact) mass is 319 g/mol. The standard InChI is InChI=1S/C15H17N3O3S/c1-9(2)14-17-18-15(21-14)22-8-13(20)11-4-6-12(7-5-11)16-10(3)19/h4-7,9H,8H2,1-3H3,(H,16,19). The Morgan fingerprint density at radius 1 is 1.23 bits per heavy atom. The molecule has 116 valence electrons. The van der Waals surface area contributed by atoms with Crippen LogP contribution in [0, 0.1) is 0 Å². The van der Waals surface area contributed by atoms with E-state index in [1.54, 1.807) is 24.3 Å². The number of nitrogens with zero attached hydrogens (tertiary/aromatic N) is 2. The molecule has 22 heavy (non-hydrogen) atoms. The van der Waals surface area contributed by atoms with Crippen molar-refractivity contribution in [3.8, 4) is 0 Å². The highest BCUT2D eigenvalue weighted by Crippen LogP contribution is 2.21. The van der Waals surface area contributed by atoms with Gasteiger partial charge in [-0.1, -0.05) is 25.6 Å². The van der Waals surface area contributed by atoms with Crippen molar-refractivity contribution in [1.29, 1.82) is 0 Å². The number of ketones is 1. The number of Topliss-reactive ketones (excluding diaryl/α,β-unsaturated/α-hetero) is 1. The Morgan fingerprint density at radius 2 is 1.91 bits per heavy atom. The van der Waals surface area contributed by atoms with Crippen LogP contribution in [0.5, 0.6) is 0 Å². The van der Waals surface area contributed by atoms with Gasteiger partial charge in [0, 0.05) is 24.1 Å². The average Bonchev–Trinajstić information content (AvgIpc) is 2.94. The fourth-order valence-electron chi connectivity index (χ4n) is 1.67. The number of benzene rings is 1. The van der Waals surface area contributed by atoms with Crippen molar-refractivity contribution in [2.24, 2.45) is 0 Å². The molecular formula is C15H17N3O3S. The molecule has 7 heteroatoms. The van der Waals surface area contributed by atoms with Crippen LogP contribution in [0.1, 0.15) is 42.9 Å². The van der Waals surface area contributed by atoms with Crippen molar-refractivity contribution in [3.05, 3.63) is 35.7 Å². The quantitative estimate of drug-likeness (QED) is 0.650. The Hall–Kier alpha value is -2.15. The maximum Gasteiger partial charge on any atom is 0.277 e. The second-order valence-corrected chi connectivity index (χ2v) is 5.96. The van der Waals surface area contributed by atoms with E-state index in [-0.39, 0.29) is 23.4 Å². The molecule has 0 saturated carbocycles. The van der Waals surface area contributed by atoms with Gasteiger partial charge in [0.25, 0.3) is 5.22 Å². The van der Waals surface area contributed by atoms with Crippen LogP contribution in [0.2, 0.25) is 0 Å². The predicted molar refractivity (Wildman–Crippen MR) is 84.2 cm³/mol. The smallest absolute Gasteiger partial charge is 0.277 e. The molecule has 0 bridgehead atoms. The van der Waals surface area contributed by atoms with Crippen molar-refractivity contribution in [2.75, 3.05) is 11.1 Å². The Kier molecular flexibility index (Phi) is 5.32. The summed E-state index contributed by atoms with van der Waals surface area (Å²) in [7, 11) is 0. The number of thioether (sulfide) groups is 1. The highest BCUT2D eigenvalue weighted by atomic mass is 32.2. The van der Waals surface area contributed by atoms with Gasteiger partial charge in [-0.2, -0.15) is 0 Å². The number of carbonyl (C=O) groups excluding carboxylic acids is 2. The van der Waals surface area contributed by atoms with Gasteiger partial charge in [0.1, 0.15) is 0 Å². The van der Waals surface area contributed by atoms with Crippen LogP contribution in [-0.4, -0.2) is 27.6 Å². The first-order valence-electron chi connectivity index (χ1n) is 6.82. The second-order valence-electron chi connectivity index (χ2n) is 5.03. The molecule has 2 rings (SSSR count). The molecule has 0 saturated heterocycles. The van der Waals surface area contributed by atoms with Gasteiger partial charge in [-0.3, -0.25) is 9.59 Å². The highest BCUT2D eigenvalue weighted by Gasteiger charge is 2.13. The zero-order valence-electron chi connectivity index (χ0n) is 12.6. The molecule has 0 fully saturated rings. The first-order chi connectivity index (χ1) is 10.5. The number of nitrogens with one attached hydrogen (secondary N) is 1. The minimum absolute atomic E-state index is 0.0383. The van der Waals surface area contributed by atoms with Gasteiger partial charge < -0.3 is 9.73 Å². The Bertz CT molecular complexity index is 665. The van der Waals surface area contributed by atoms with Gasteiger partial charge in [0.2, 0.25) is 11.8 Å². The number of carbonyl (C=O) groups is 2. The van der Waals surface area contributed by atoms with Crippen LogP contribution in [0.3, 0.4) is 0 Å². The van der Waals surface area contributed by atoms with Crippen LogP contribution in [0.15, 0.2) is 33.9 Å². The molecule has 2 aromatic rings. The molecule has 0 aliphatic rings. The Morgan fingerprint density at radius 3 is 2.45 bits per heavy atom. The average molecular weight is 319 g/mol. The maximum atomic E-state index is 12.1. The number of aromatic nitrogens is 2. The molecule has 0 aliphatic carbocycles. The lowest BCUT2D eigenvalue weighted by Crippen LogP contribution is -2.07. The van der Waals surface area contributed by atoms with Gasteiger partial charge in [-0.15, -0.1) is 10.2 Å². The molecule has 0 spiro atoms. The molecule has 1 amide bonds. The third-order valence-corrected chi connectivity index (χ3v) is 3.59. The van der Waals surface area contributed by atoms with Crippen molar-refractivity contribution >= 4 is 29.1 Å². The first kappa shape index (κ1) is 16.2. The van der Waals surface area contributed by atoms with E-state index in [4.69, 9.17) is 4.42 Å². The molecule has 1 aromatic carbocycles. The van der Waals surface area contributed by atoms with Crippen LogP contribution in [-0.2, 0) is 4.79 Å². The molecule has 0 radical (unpaired) electrons. The van der Waals surface area contributed by atoms with Crippen LogP contribution in [0.4, 0.5) is 5.69 Å². The lowest BCUT2D eigenvalue weighted by Gasteiger charge is -2.03. The van der Waals surface area contributed by atoms with Crippen LogP contribution in [0.25, 0.3) is 0 Å². The third-order valence-electron chi connectivity index (χ3n) is 2.77. The summed E-state index contributed by atoms with van der Waals surface area (Å²) in [5.74, 6) is 0.767. The molecule has 1 aromatic heterocycles. The molecule has 1 N–H and O–H groups in total. The van der Waals surface area contributed by atoms with Gasteiger partial charge in [-0.25, -0.2) is 0 Å². The van der Waals surface area contributed by atoms with Crippen molar-refractivity contribution in [1.82, 2.24) is 10.2 Å². The first-order valence-corrected chi connectivity index (χ1v) is 7.81. The number of anilines is 1. The van der Waals surface area contributed by atoms with Crippen molar-refractivity contribution in [2.45, 2.75) is 31.9 Å². The summed E-state index contributed by atoms with van der Waals surface area (Å²) < 4.78 is 5.44. The summed E-state index contributed by atoms with van der Waals surface area (Å²) in [5, 5.41) is 10.9. The molecule has 1 heterocycles. The molecule has 0 atom stereocenters. The zero-order chi connectivity index (χ0) is 16.1. The Balaban J connectivity index is 1.92. The van der Waals surface area contributed by atoms with E-state index in [1.165, 1.54) is 18.7 Å². The topological polar surface area (TPSA) is 85.1 Å². The van der Waals surface area contributed by atoms with Gasteiger partial charge >= 0.3 is 0 Å². The molecule has 0 unspecified atom stereocenters. The van der Waals surface area contributed by atoms with Crippen LogP contribution < -0.4 is 5.32 Å². The van der Waals surface area contributed by atoms with Gasteiger partial charge in [-0.05, 0) is 24.3 Å². The summed E-state index contributed by atoms with van der Waals surface area (Å²) in [6.07, 6.45) is 0. The molecular weight excluding hydrogens is 302 g/mol. The lowest BCUT2D eigenvalue weighted by molar-refractivity contribution is -0.114. The summed E-state index contributed by atoms with van der Waals surface area (Å²) >= 11 is 1.22. The van der Waals surface area contributed by atoms with E-state index in [0.29, 0.717) is 22.4 Å². The number of rotatable bonds is 6.